The molecule has 144 valence electrons. The number of nitrogens with one attached hydrogen (secondary N) is 1. The second kappa shape index (κ2) is 8.97. The molecule has 27 heavy (non-hydrogen) atoms. The minimum atomic E-state index is -0.105. The molecule has 1 aromatic carbocycles. The van der Waals surface area contributed by atoms with Gasteiger partial charge < -0.3 is 14.8 Å². The monoisotopic (exact) mass is 369 g/mol. The average molecular weight is 369 g/mol. The number of nitrogens with zero attached hydrogens (tertiary/aromatic N) is 2. The molecule has 1 aliphatic heterocycles. The zero-order chi connectivity index (χ0) is 19.1. The molecule has 1 saturated heterocycles. The molecule has 0 atom stereocenters. The summed E-state index contributed by atoms with van der Waals surface area (Å²) in [4.78, 5) is 18.9. The van der Waals surface area contributed by atoms with Crippen LogP contribution in [-0.4, -0.2) is 54.2 Å². The Bertz CT molecular complexity index is 726. The maximum atomic E-state index is 12.5. The fraction of sp³-hybridized carbons (Fsp3) is 0.429. The normalized spacial score (nSPS) is 15.3. The van der Waals surface area contributed by atoms with Gasteiger partial charge in [0.2, 0.25) is 0 Å². The van der Waals surface area contributed by atoms with Crippen molar-refractivity contribution in [3.8, 4) is 5.75 Å². The van der Waals surface area contributed by atoms with Gasteiger partial charge in [0.15, 0.2) is 0 Å². The lowest BCUT2D eigenvalue weighted by atomic mass is 10.0. The van der Waals surface area contributed by atoms with Crippen LogP contribution in [0.25, 0.3) is 0 Å². The Hall–Kier alpha value is -2.44. The highest BCUT2D eigenvalue weighted by molar-refractivity contribution is 5.94. The molecule has 0 saturated carbocycles. The Balaban J connectivity index is 1.49. The number of carbonyl (C=O) groups excluding carboxylic acids is 1. The predicted molar refractivity (Wildman–Crippen MR) is 104 cm³/mol. The van der Waals surface area contributed by atoms with Crippen LogP contribution >= 0.6 is 0 Å². The Kier molecular flexibility index (Phi) is 6.42. The largest absolute Gasteiger partial charge is 0.489 e. The van der Waals surface area contributed by atoms with Gasteiger partial charge in [-0.15, -0.1) is 0 Å². The molecule has 6 heteroatoms. The van der Waals surface area contributed by atoms with Crippen molar-refractivity contribution in [2.24, 2.45) is 0 Å². The SMILES string of the molecule is CC(C)(CNC(=O)c1ccc(OCc2cccnc2)cc1)N1CCOCC1. The van der Waals surface area contributed by atoms with Crippen molar-refractivity contribution in [2.45, 2.75) is 26.0 Å². The van der Waals surface area contributed by atoms with Gasteiger partial charge in [0, 0.05) is 48.7 Å². The van der Waals surface area contributed by atoms with Gasteiger partial charge in [-0.3, -0.25) is 14.7 Å². The summed E-state index contributed by atoms with van der Waals surface area (Å²) in [5, 5.41) is 3.04. The topological polar surface area (TPSA) is 63.7 Å². The van der Waals surface area contributed by atoms with Gasteiger partial charge in [-0.05, 0) is 44.2 Å². The van der Waals surface area contributed by atoms with Crippen LogP contribution in [0.1, 0.15) is 29.8 Å². The number of aromatic nitrogens is 1. The van der Waals surface area contributed by atoms with Crippen molar-refractivity contribution in [1.29, 1.82) is 0 Å². The summed E-state index contributed by atoms with van der Waals surface area (Å²) in [6, 6.07) is 11.1. The van der Waals surface area contributed by atoms with E-state index in [2.05, 4.69) is 29.0 Å². The van der Waals surface area contributed by atoms with Crippen molar-refractivity contribution in [2.75, 3.05) is 32.8 Å². The molecule has 0 bridgehead atoms. The highest BCUT2D eigenvalue weighted by atomic mass is 16.5. The van der Waals surface area contributed by atoms with E-state index in [0.717, 1.165) is 37.6 Å². The number of amides is 1. The molecule has 1 amide bonds. The van der Waals surface area contributed by atoms with E-state index in [1.54, 1.807) is 24.5 Å². The maximum Gasteiger partial charge on any atom is 0.251 e. The van der Waals surface area contributed by atoms with Gasteiger partial charge in [0.05, 0.1) is 13.2 Å². The Labute approximate surface area is 160 Å². The number of ether oxygens (including phenoxy) is 2. The summed E-state index contributed by atoms with van der Waals surface area (Å²) in [5.74, 6) is 0.652. The molecule has 2 heterocycles. The molecule has 0 aliphatic carbocycles. The first-order chi connectivity index (χ1) is 13.0. The summed E-state index contributed by atoms with van der Waals surface area (Å²) in [6.45, 7) is 8.62. The summed E-state index contributed by atoms with van der Waals surface area (Å²) in [7, 11) is 0. The number of morpholine rings is 1. The van der Waals surface area contributed by atoms with E-state index in [9.17, 15) is 4.79 Å². The van der Waals surface area contributed by atoms with Crippen molar-refractivity contribution in [1.82, 2.24) is 15.2 Å². The standard InChI is InChI=1S/C21H27N3O3/c1-21(2,24-10-12-26-13-11-24)16-23-20(25)18-5-7-19(8-6-18)27-15-17-4-3-9-22-14-17/h3-9,14H,10-13,15-16H2,1-2H3,(H,23,25). The van der Waals surface area contributed by atoms with Crippen LogP contribution in [0.3, 0.4) is 0 Å². The van der Waals surface area contributed by atoms with E-state index >= 15 is 0 Å². The summed E-state index contributed by atoms with van der Waals surface area (Å²) in [6.07, 6.45) is 3.51. The molecule has 0 spiro atoms. The molecule has 0 radical (unpaired) electrons. The molecule has 2 aromatic rings. The highest BCUT2D eigenvalue weighted by Gasteiger charge is 2.28. The van der Waals surface area contributed by atoms with Crippen molar-refractivity contribution >= 4 is 5.91 Å². The molecule has 1 N–H and O–H groups in total. The first-order valence-corrected chi connectivity index (χ1v) is 9.27. The van der Waals surface area contributed by atoms with E-state index in [-0.39, 0.29) is 11.4 Å². The van der Waals surface area contributed by atoms with E-state index < -0.39 is 0 Å². The molecule has 1 fully saturated rings. The number of benzene rings is 1. The smallest absolute Gasteiger partial charge is 0.251 e. The number of rotatable bonds is 7. The maximum absolute atomic E-state index is 12.5. The van der Waals surface area contributed by atoms with E-state index in [1.807, 2.05) is 24.3 Å². The van der Waals surface area contributed by atoms with Crippen LogP contribution in [-0.2, 0) is 11.3 Å². The zero-order valence-electron chi connectivity index (χ0n) is 16.0. The lowest BCUT2D eigenvalue weighted by Gasteiger charge is -2.40. The lowest BCUT2D eigenvalue weighted by Crippen LogP contribution is -2.55. The predicted octanol–water partition coefficient (Wildman–Crippen LogP) is 2.50. The van der Waals surface area contributed by atoms with Gasteiger partial charge >= 0.3 is 0 Å². The molecule has 1 aliphatic rings. The molecule has 1 aromatic heterocycles. The zero-order valence-corrected chi connectivity index (χ0v) is 16.0. The van der Waals surface area contributed by atoms with Crippen LogP contribution in [0, 0.1) is 0 Å². The van der Waals surface area contributed by atoms with Gasteiger partial charge in [0.1, 0.15) is 12.4 Å². The van der Waals surface area contributed by atoms with Crippen LogP contribution in [0.5, 0.6) is 5.75 Å². The van der Waals surface area contributed by atoms with Crippen LogP contribution in [0.15, 0.2) is 48.8 Å². The van der Waals surface area contributed by atoms with Crippen molar-refractivity contribution < 1.29 is 14.3 Å². The Morgan fingerprint density at radius 2 is 1.96 bits per heavy atom. The lowest BCUT2D eigenvalue weighted by molar-refractivity contribution is -0.00923. The van der Waals surface area contributed by atoms with Gasteiger partial charge in [-0.25, -0.2) is 0 Å². The van der Waals surface area contributed by atoms with Crippen molar-refractivity contribution in [3.05, 3.63) is 59.9 Å². The van der Waals surface area contributed by atoms with Crippen LogP contribution in [0.4, 0.5) is 0 Å². The third-order valence-electron chi connectivity index (χ3n) is 4.79. The average Bonchev–Trinajstić information content (AvgIpc) is 2.72. The van der Waals surface area contributed by atoms with E-state index in [0.29, 0.717) is 18.7 Å². The van der Waals surface area contributed by atoms with E-state index in [4.69, 9.17) is 9.47 Å². The summed E-state index contributed by atoms with van der Waals surface area (Å²) < 4.78 is 11.1. The van der Waals surface area contributed by atoms with Crippen LogP contribution in [0.2, 0.25) is 0 Å². The third kappa shape index (κ3) is 5.52. The number of hydrogen-bond acceptors (Lipinski definition) is 5. The molecule has 3 rings (SSSR count). The number of pyridine rings is 1. The minimum absolute atomic E-state index is 0.0739. The van der Waals surface area contributed by atoms with Gasteiger partial charge in [-0.1, -0.05) is 6.07 Å². The van der Waals surface area contributed by atoms with Crippen molar-refractivity contribution in [3.63, 3.8) is 0 Å². The Morgan fingerprint density at radius 3 is 2.63 bits per heavy atom. The quantitative estimate of drug-likeness (QED) is 0.812. The summed E-state index contributed by atoms with van der Waals surface area (Å²) in [5.41, 5.74) is 1.53. The second-order valence-corrected chi connectivity index (χ2v) is 7.27. The molecule has 6 nitrogen and oxygen atoms in total. The second-order valence-electron chi connectivity index (χ2n) is 7.27. The van der Waals surface area contributed by atoms with Crippen LogP contribution < -0.4 is 10.1 Å². The number of carbonyl (C=O) groups is 1. The highest BCUT2D eigenvalue weighted by Crippen LogP contribution is 2.17. The Morgan fingerprint density at radius 1 is 1.22 bits per heavy atom. The number of hydrogen-bond donors (Lipinski definition) is 1. The fourth-order valence-corrected chi connectivity index (χ4v) is 3.03. The first-order valence-electron chi connectivity index (χ1n) is 9.27. The molecule has 0 unspecified atom stereocenters. The van der Waals surface area contributed by atoms with Gasteiger partial charge in [0.25, 0.3) is 5.91 Å². The first kappa shape index (κ1) is 19.3. The minimum Gasteiger partial charge on any atom is -0.489 e. The molecular formula is C21H27N3O3. The fourth-order valence-electron chi connectivity index (χ4n) is 3.03. The van der Waals surface area contributed by atoms with Gasteiger partial charge in [-0.2, -0.15) is 0 Å². The van der Waals surface area contributed by atoms with E-state index in [1.165, 1.54) is 0 Å². The third-order valence-corrected chi connectivity index (χ3v) is 4.79. The molecular weight excluding hydrogens is 342 g/mol. The summed E-state index contributed by atoms with van der Waals surface area (Å²) >= 11 is 0.